The van der Waals surface area contributed by atoms with Gasteiger partial charge in [-0.15, -0.1) is 0 Å². The first-order valence-electron chi connectivity index (χ1n) is 3.94. The van der Waals surface area contributed by atoms with E-state index >= 15 is 0 Å². The Morgan fingerprint density at radius 1 is 0.889 bits per heavy atom. The Balaban J connectivity index is 2.91. The smallest absolute Gasteiger partial charge is 0.0587 e. The quantitative estimate of drug-likeness (QED) is 0.508. The molecule has 0 heteroatoms. The highest BCUT2D eigenvalue weighted by Crippen LogP contribution is 2.09. The van der Waals surface area contributed by atoms with Crippen molar-refractivity contribution in [1.82, 2.24) is 0 Å². The average molecular weight is 127 g/mol. The predicted molar refractivity (Wildman–Crippen MR) is 43.2 cm³/mol. The van der Waals surface area contributed by atoms with Crippen LogP contribution in [0.15, 0.2) is 0 Å². The van der Waals surface area contributed by atoms with Crippen LogP contribution in [0.4, 0.5) is 0 Å². The lowest BCUT2D eigenvalue weighted by Gasteiger charge is -1.97. The summed E-state index contributed by atoms with van der Waals surface area (Å²) < 4.78 is 0. The van der Waals surface area contributed by atoms with Gasteiger partial charge in [-0.1, -0.05) is 27.7 Å². The molecule has 0 saturated carbocycles. The van der Waals surface area contributed by atoms with Crippen LogP contribution < -0.4 is 0 Å². The van der Waals surface area contributed by atoms with Crippen LogP contribution in [0.3, 0.4) is 0 Å². The lowest BCUT2D eigenvalue weighted by Crippen LogP contribution is -1.91. The van der Waals surface area contributed by atoms with E-state index in [-0.39, 0.29) is 0 Å². The third-order valence-corrected chi connectivity index (χ3v) is 1.28. The van der Waals surface area contributed by atoms with Crippen LogP contribution in [0.5, 0.6) is 0 Å². The SMILES string of the molecule is CC(C)C[CH+]CC(C)C. The molecule has 0 aromatic carbocycles. The van der Waals surface area contributed by atoms with Gasteiger partial charge in [-0.2, -0.15) is 0 Å². The second-order valence-electron chi connectivity index (χ2n) is 3.55. The molecule has 0 heterocycles. The molecular formula is C9H19+. The van der Waals surface area contributed by atoms with Crippen molar-refractivity contribution in [2.75, 3.05) is 0 Å². The zero-order valence-corrected chi connectivity index (χ0v) is 7.15. The average Bonchev–Trinajstić information content (AvgIpc) is 1.63. The Morgan fingerprint density at radius 3 is 1.44 bits per heavy atom. The molecule has 0 rings (SSSR count). The second-order valence-corrected chi connectivity index (χ2v) is 3.55. The summed E-state index contributed by atoms with van der Waals surface area (Å²) >= 11 is 0. The minimum atomic E-state index is 0.837. The van der Waals surface area contributed by atoms with Gasteiger partial charge in [0, 0.05) is 0 Å². The zero-order valence-electron chi connectivity index (χ0n) is 7.15. The van der Waals surface area contributed by atoms with Crippen LogP contribution >= 0.6 is 0 Å². The lowest BCUT2D eigenvalue weighted by molar-refractivity contribution is 0.565. The fraction of sp³-hybridized carbons (Fsp3) is 0.889. The Labute approximate surface area is 59.7 Å². The molecule has 0 atom stereocenters. The highest BCUT2D eigenvalue weighted by atomic mass is 14.0. The van der Waals surface area contributed by atoms with E-state index in [0.717, 1.165) is 11.8 Å². The van der Waals surface area contributed by atoms with Crippen LogP contribution in [0, 0.1) is 18.3 Å². The Kier molecular flexibility index (Phi) is 4.65. The topological polar surface area (TPSA) is 0 Å². The zero-order chi connectivity index (χ0) is 7.28. The van der Waals surface area contributed by atoms with Gasteiger partial charge in [-0.25, -0.2) is 0 Å². The Bertz CT molecular complexity index is 45.1. The van der Waals surface area contributed by atoms with Crippen LogP contribution in [-0.4, -0.2) is 0 Å². The maximum Gasteiger partial charge on any atom is 0.0898 e. The molecule has 0 bridgehead atoms. The Hall–Kier alpha value is -0.130. The summed E-state index contributed by atoms with van der Waals surface area (Å²) in [7, 11) is 0. The van der Waals surface area contributed by atoms with Crippen molar-refractivity contribution in [3.63, 3.8) is 0 Å². The fourth-order valence-corrected chi connectivity index (χ4v) is 0.763. The first-order chi connectivity index (χ1) is 4.13. The van der Waals surface area contributed by atoms with Crippen molar-refractivity contribution in [2.24, 2.45) is 11.8 Å². The number of rotatable bonds is 4. The molecule has 0 amide bonds. The predicted octanol–water partition coefficient (Wildman–Crippen LogP) is 3.28. The van der Waals surface area contributed by atoms with Crippen LogP contribution in [0.1, 0.15) is 40.5 Å². The van der Waals surface area contributed by atoms with E-state index in [4.69, 9.17) is 0 Å². The van der Waals surface area contributed by atoms with Gasteiger partial charge in [-0.3, -0.25) is 0 Å². The normalized spacial score (nSPS) is 10.9. The van der Waals surface area contributed by atoms with E-state index in [1.54, 1.807) is 0 Å². The van der Waals surface area contributed by atoms with Gasteiger partial charge >= 0.3 is 0 Å². The molecule has 0 aromatic heterocycles. The van der Waals surface area contributed by atoms with Gasteiger partial charge in [0.05, 0.1) is 19.3 Å². The first-order valence-corrected chi connectivity index (χ1v) is 3.94. The van der Waals surface area contributed by atoms with Gasteiger partial charge in [0.25, 0.3) is 0 Å². The summed E-state index contributed by atoms with van der Waals surface area (Å²) in [5.41, 5.74) is 0. The molecule has 0 spiro atoms. The van der Waals surface area contributed by atoms with Gasteiger partial charge in [-0.05, 0) is 11.8 Å². The summed E-state index contributed by atoms with van der Waals surface area (Å²) in [5, 5.41) is 0. The monoisotopic (exact) mass is 127 g/mol. The molecule has 0 radical (unpaired) electrons. The van der Waals surface area contributed by atoms with Crippen LogP contribution in [0.2, 0.25) is 0 Å². The minimum absolute atomic E-state index is 0.837. The highest BCUT2D eigenvalue weighted by molar-refractivity contribution is 4.67. The highest BCUT2D eigenvalue weighted by Gasteiger charge is 2.04. The molecule has 0 aliphatic rings. The molecule has 0 unspecified atom stereocenters. The van der Waals surface area contributed by atoms with Gasteiger partial charge in [0.1, 0.15) is 0 Å². The maximum atomic E-state index is 2.40. The van der Waals surface area contributed by atoms with Gasteiger partial charge in [0.15, 0.2) is 0 Å². The van der Waals surface area contributed by atoms with E-state index in [9.17, 15) is 0 Å². The summed E-state index contributed by atoms with van der Waals surface area (Å²) in [6.07, 6.45) is 4.95. The standard InChI is InChI=1S/C9H19/c1-8(2)6-5-7-9(3)4/h5,8-9H,6-7H2,1-4H3/q+1. The van der Waals surface area contributed by atoms with Crippen LogP contribution in [0.25, 0.3) is 0 Å². The van der Waals surface area contributed by atoms with E-state index in [2.05, 4.69) is 34.1 Å². The molecule has 0 nitrogen and oxygen atoms in total. The second kappa shape index (κ2) is 4.72. The van der Waals surface area contributed by atoms with Crippen molar-refractivity contribution in [1.29, 1.82) is 0 Å². The molecular weight excluding hydrogens is 108 g/mol. The summed E-state index contributed by atoms with van der Waals surface area (Å²) in [4.78, 5) is 0. The van der Waals surface area contributed by atoms with E-state index in [1.165, 1.54) is 12.8 Å². The van der Waals surface area contributed by atoms with Gasteiger partial charge < -0.3 is 0 Å². The van der Waals surface area contributed by atoms with Crippen molar-refractivity contribution < 1.29 is 0 Å². The molecule has 9 heavy (non-hydrogen) atoms. The summed E-state index contributed by atoms with van der Waals surface area (Å²) in [5.74, 6) is 1.67. The summed E-state index contributed by atoms with van der Waals surface area (Å²) in [6.45, 7) is 9.04. The molecule has 0 N–H and O–H groups in total. The van der Waals surface area contributed by atoms with Crippen molar-refractivity contribution in [2.45, 2.75) is 40.5 Å². The molecule has 0 aromatic rings. The molecule has 0 aliphatic heterocycles. The summed E-state index contributed by atoms with van der Waals surface area (Å²) in [6, 6.07) is 0. The van der Waals surface area contributed by atoms with Crippen LogP contribution in [-0.2, 0) is 0 Å². The Morgan fingerprint density at radius 2 is 1.22 bits per heavy atom. The number of hydrogen-bond donors (Lipinski definition) is 0. The van der Waals surface area contributed by atoms with Crippen molar-refractivity contribution in [3.05, 3.63) is 6.42 Å². The lowest BCUT2D eigenvalue weighted by atomic mass is 10.0. The largest absolute Gasteiger partial charge is 0.0898 e. The number of hydrogen-bond acceptors (Lipinski definition) is 0. The molecule has 0 fully saturated rings. The molecule has 0 saturated heterocycles. The first kappa shape index (κ1) is 8.87. The fourth-order valence-electron chi connectivity index (χ4n) is 0.763. The maximum absolute atomic E-state index is 2.40. The van der Waals surface area contributed by atoms with Crippen molar-refractivity contribution in [3.8, 4) is 0 Å². The molecule has 54 valence electrons. The van der Waals surface area contributed by atoms with E-state index < -0.39 is 0 Å². The van der Waals surface area contributed by atoms with E-state index in [0.29, 0.717) is 0 Å². The van der Waals surface area contributed by atoms with Crippen molar-refractivity contribution >= 4 is 0 Å². The minimum Gasteiger partial charge on any atom is -0.0587 e. The third-order valence-electron chi connectivity index (χ3n) is 1.28. The third kappa shape index (κ3) is 7.87. The van der Waals surface area contributed by atoms with E-state index in [1.807, 2.05) is 0 Å². The molecule has 0 aliphatic carbocycles. The van der Waals surface area contributed by atoms with Gasteiger partial charge in [0.2, 0.25) is 0 Å².